The number of halogens is 1. The number of hydrogen-bond acceptors (Lipinski definition) is 3. The second-order valence-electron chi connectivity index (χ2n) is 4.24. The Morgan fingerprint density at radius 2 is 1.60 bits per heavy atom. The molecule has 4 N–H and O–H groups in total. The lowest BCUT2D eigenvalue weighted by molar-refractivity contribution is 0.100. The fourth-order valence-corrected chi connectivity index (χ4v) is 1.75. The molecule has 0 radical (unpaired) electrons. The van der Waals surface area contributed by atoms with Gasteiger partial charge < -0.3 is 16.4 Å². The van der Waals surface area contributed by atoms with Gasteiger partial charge in [0.15, 0.2) is 0 Å². The molecule has 0 unspecified atom stereocenters. The van der Waals surface area contributed by atoms with E-state index in [9.17, 15) is 4.79 Å². The van der Waals surface area contributed by atoms with E-state index in [1.807, 2.05) is 0 Å². The van der Waals surface area contributed by atoms with Gasteiger partial charge in [-0.3, -0.25) is 9.79 Å². The number of nitrogens with zero attached hydrogens (tertiary/aromatic N) is 2. The van der Waals surface area contributed by atoms with Crippen molar-refractivity contribution in [1.29, 1.82) is 0 Å². The zero-order valence-corrected chi connectivity index (χ0v) is 12.8. The van der Waals surface area contributed by atoms with Gasteiger partial charge in [0.25, 0.3) is 0 Å². The highest BCUT2D eigenvalue weighted by molar-refractivity contribution is 5.99. The Hall–Kier alpha value is -1.59. The molecule has 0 atom stereocenters. The number of rotatable bonds is 7. The second-order valence-corrected chi connectivity index (χ2v) is 4.24. The third-order valence-electron chi connectivity index (χ3n) is 3.06. The Kier molecular flexibility index (Phi) is 8.59. The molecule has 0 spiro atoms. The third kappa shape index (κ3) is 5.59. The minimum atomic E-state index is -0.441. The van der Waals surface area contributed by atoms with Gasteiger partial charge in [-0.1, -0.05) is 26.0 Å². The van der Waals surface area contributed by atoms with Crippen LogP contribution in [0.3, 0.4) is 0 Å². The molecule has 0 saturated carbocycles. The van der Waals surface area contributed by atoms with Crippen molar-refractivity contribution in [2.75, 3.05) is 26.2 Å². The predicted molar refractivity (Wildman–Crippen MR) is 85.6 cm³/mol. The van der Waals surface area contributed by atoms with Gasteiger partial charge in [0, 0.05) is 17.7 Å². The summed E-state index contributed by atoms with van der Waals surface area (Å²) in [4.78, 5) is 17.6. The first-order chi connectivity index (χ1) is 9.08. The van der Waals surface area contributed by atoms with Crippen molar-refractivity contribution >= 4 is 24.1 Å². The third-order valence-corrected chi connectivity index (χ3v) is 3.06. The van der Waals surface area contributed by atoms with Crippen LogP contribution >= 0.6 is 12.4 Å². The molecule has 1 aromatic rings. The molecular weight excluding hydrogens is 276 g/mol. The van der Waals surface area contributed by atoms with Crippen LogP contribution in [0.4, 0.5) is 0 Å². The zero-order valence-electron chi connectivity index (χ0n) is 12.0. The molecule has 0 bridgehead atoms. The molecule has 0 saturated heterocycles. The lowest BCUT2D eigenvalue weighted by atomic mass is 10.1. The van der Waals surface area contributed by atoms with Crippen LogP contribution in [0.25, 0.3) is 0 Å². The molecule has 1 rings (SSSR count). The normalized spacial score (nSPS) is 11.2. The van der Waals surface area contributed by atoms with E-state index in [0.717, 1.165) is 25.2 Å². The monoisotopic (exact) mass is 298 g/mol. The number of likely N-dealkylation sites (N-methyl/N-ethyl adjacent to an activating group) is 1. The Morgan fingerprint density at radius 1 is 1.10 bits per heavy atom. The van der Waals surface area contributed by atoms with Crippen LogP contribution in [0, 0.1) is 0 Å². The van der Waals surface area contributed by atoms with Crippen LogP contribution in [-0.4, -0.2) is 42.8 Å². The molecule has 0 heterocycles. The van der Waals surface area contributed by atoms with Crippen molar-refractivity contribution in [1.82, 2.24) is 4.90 Å². The summed E-state index contributed by atoms with van der Waals surface area (Å²) in [6, 6.07) is 6.83. The van der Waals surface area contributed by atoms with Gasteiger partial charge in [-0.15, -0.1) is 12.4 Å². The number of carbonyl (C=O) groups excluding carboxylic acids is 1. The van der Waals surface area contributed by atoms with E-state index < -0.39 is 5.91 Å². The Morgan fingerprint density at radius 3 is 2.05 bits per heavy atom. The van der Waals surface area contributed by atoms with Crippen LogP contribution in [0.2, 0.25) is 0 Å². The SMILES string of the molecule is CCN(CC)CCN=C(N)c1ccc(C(N)=O)cc1.Cl. The van der Waals surface area contributed by atoms with Crippen molar-refractivity contribution in [3.63, 3.8) is 0 Å². The van der Waals surface area contributed by atoms with Crippen LogP contribution in [0.1, 0.15) is 29.8 Å². The average Bonchev–Trinajstić information content (AvgIpc) is 2.43. The Labute approximate surface area is 126 Å². The molecule has 6 heteroatoms. The van der Waals surface area contributed by atoms with Gasteiger partial charge in [0.05, 0.1) is 6.54 Å². The highest BCUT2D eigenvalue weighted by Crippen LogP contribution is 2.03. The van der Waals surface area contributed by atoms with Crippen molar-refractivity contribution in [3.8, 4) is 0 Å². The van der Waals surface area contributed by atoms with Crippen molar-refractivity contribution in [3.05, 3.63) is 35.4 Å². The maximum atomic E-state index is 11.0. The van der Waals surface area contributed by atoms with Crippen molar-refractivity contribution in [2.45, 2.75) is 13.8 Å². The van der Waals surface area contributed by atoms with Crippen LogP contribution in [-0.2, 0) is 0 Å². The van der Waals surface area contributed by atoms with E-state index in [1.165, 1.54) is 0 Å². The first-order valence-electron chi connectivity index (χ1n) is 6.51. The number of amidine groups is 1. The van der Waals surface area contributed by atoms with Gasteiger partial charge in [-0.2, -0.15) is 0 Å². The van der Waals surface area contributed by atoms with E-state index in [0.29, 0.717) is 17.9 Å². The second kappa shape index (κ2) is 9.34. The van der Waals surface area contributed by atoms with Gasteiger partial charge in [-0.25, -0.2) is 0 Å². The highest BCUT2D eigenvalue weighted by Gasteiger charge is 2.03. The predicted octanol–water partition coefficient (Wildman–Crippen LogP) is 1.25. The number of aliphatic imine (C=N–C) groups is 1. The number of carbonyl (C=O) groups is 1. The summed E-state index contributed by atoms with van der Waals surface area (Å²) in [5.41, 5.74) is 12.4. The Balaban J connectivity index is 0.00000361. The molecule has 5 nitrogen and oxygen atoms in total. The summed E-state index contributed by atoms with van der Waals surface area (Å²) in [6.07, 6.45) is 0. The number of nitrogens with two attached hydrogens (primary N) is 2. The number of amides is 1. The van der Waals surface area contributed by atoms with E-state index in [-0.39, 0.29) is 12.4 Å². The summed E-state index contributed by atoms with van der Waals surface area (Å²) in [6.45, 7) is 7.84. The van der Waals surface area contributed by atoms with Gasteiger partial charge in [0.2, 0.25) is 5.91 Å². The number of primary amides is 1. The maximum Gasteiger partial charge on any atom is 0.248 e. The van der Waals surface area contributed by atoms with Crippen molar-refractivity contribution in [2.24, 2.45) is 16.5 Å². The lowest BCUT2D eigenvalue weighted by Gasteiger charge is -2.16. The van der Waals surface area contributed by atoms with E-state index in [1.54, 1.807) is 24.3 Å². The van der Waals surface area contributed by atoms with Crippen LogP contribution in [0.15, 0.2) is 29.3 Å². The summed E-state index contributed by atoms with van der Waals surface area (Å²) in [5, 5.41) is 0. The molecule has 112 valence electrons. The molecule has 0 aliphatic rings. The molecule has 1 aromatic carbocycles. The summed E-state index contributed by atoms with van der Waals surface area (Å²) >= 11 is 0. The Bertz CT molecular complexity index is 441. The van der Waals surface area contributed by atoms with Crippen molar-refractivity contribution < 1.29 is 4.79 Å². The fraction of sp³-hybridized carbons (Fsp3) is 0.429. The summed E-state index contributed by atoms with van der Waals surface area (Å²) < 4.78 is 0. The van der Waals surface area contributed by atoms with Gasteiger partial charge >= 0.3 is 0 Å². The van der Waals surface area contributed by atoms with E-state index in [2.05, 4.69) is 23.7 Å². The largest absolute Gasteiger partial charge is 0.384 e. The standard InChI is InChI=1S/C14H22N4O.ClH/c1-3-18(4-2)10-9-17-13(15)11-5-7-12(8-6-11)14(16)19;/h5-8H,3-4,9-10H2,1-2H3,(H2,15,17)(H2,16,19);1H. The molecule has 0 fully saturated rings. The molecule has 1 amide bonds. The van der Waals surface area contributed by atoms with E-state index in [4.69, 9.17) is 11.5 Å². The minimum absolute atomic E-state index is 0. The first kappa shape index (κ1) is 18.4. The fourth-order valence-electron chi connectivity index (χ4n) is 1.75. The first-order valence-corrected chi connectivity index (χ1v) is 6.51. The van der Waals surface area contributed by atoms with E-state index >= 15 is 0 Å². The molecular formula is C14H23ClN4O. The maximum absolute atomic E-state index is 11.0. The molecule has 0 aliphatic carbocycles. The van der Waals surface area contributed by atoms with Gasteiger partial charge in [-0.05, 0) is 25.2 Å². The average molecular weight is 299 g/mol. The molecule has 0 aliphatic heterocycles. The summed E-state index contributed by atoms with van der Waals surface area (Å²) in [5.74, 6) is 0.0479. The van der Waals surface area contributed by atoms with Gasteiger partial charge in [0.1, 0.15) is 5.84 Å². The number of benzene rings is 1. The zero-order chi connectivity index (χ0) is 14.3. The smallest absolute Gasteiger partial charge is 0.248 e. The number of hydrogen-bond donors (Lipinski definition) is 2. The highest BCUT2D eigenvalue weighted by atomic mass is 35.5. The lowest BCUT2D eigenvalue weighted by Crippen LogP contribution is -2.26. The van der Waals surface area contributed by atoms with Crippen LogP contribution in [0.5, 0.6) is 0 Å². The molecule has 20 heavy (non-hydrogen) atoms. The quantitative estimate of drug-likeness (QED) is 0.587. The molecule has 0 aromatic heterocycles. The summed E-state index contributed by atoms with van der Waals surface area (Å²) in [7, 11) is 0. The topological polar surface area (TPSA) is 84.7 Å². The minimum Gasteiger partial charge on any atom is -0.384 e. The van der Waals surface area contributed by atoms with Crippen LogP contribution < -0.4 is 11.5 Å².